The van der Waals surface area contributed by atoms with Crippen LogP contribution in [0.25, 0.3) is 10.8 Å². The Morgan fingerprint density at radius 3 is 2.95 bits per heavy atom. The monoisotopic (exact) mass is 295 g/mol. The van der Waals surface area contributed by atoms with Crippen LogP contribution in [0.3, 0.4) is 0 Å². The van der Waals surface area contributed by atoms with Gasteiger partial charge in [0.25, 0.3) is 5.91 Å². The second-order valence-corrected chi connectivity index (χ2v) is 5.51. The fraction of sp³-hybridized carbons (Fsp3) is 0.188. The van der Waals surface area contributed by atoms with Gasteiger partial charge in [-0.15, -0.1) is 0 Å². The number of aromatic nitrogens is 1. The number of piperidine rings is 1. The van der Waals surface area contributed by atoms with Crippen molar-refractivity contribution >= 4 is 28.3 Å². The Bertz CT molecular complexity index is 859. The quantitative estimate of drug-likeness (QED) is 0.838. The minimum Gasteiger partial charge on any atom is -0.506 e. The Morgan fingerprint density at radius 1 is 1.36 bits per heavy atom. The predicted octanol–water partition coefficient (Wildman–Crippen LogP) is 1.69. The van der Waals surface area contributed by atoms with Crippen LogP contribution in [0.2, 0.25) is 0 Å². The van der Waals surface area contributed by atoms with Gasteiger partial charge in [0.2, 0.25) is 5.91 Å². The summed E-state index contributed by atoms with van der Waals surface area (Å²) in [5, 5.41) is 13.8. The maximum absolute atomic E-state index is 12.7. The average molecular weight is 295 g/mol. The zero-order chi connectivity index (χ0) is 15.4. The first-order valence-corrected chi connectivity index (χ1v) is 7.01. The third kappa shape index (κ3) is 1.57. The highest BCUT2D eigenvalue weighted by atomic mass is 16.3. The maximum atomic E-state index is 12.7. The van der Waals surface area contributed by atoms with Crippen molar-refractivity contribution < 1.29 is 14.7 Å². The van der Waals surface area contributed by atoms with E-state index in [0.29, 0.717) is 35.0 Å². The van der Waals surface area contributed by atoms with E-state index in [1.54, 1.807) is 18.2 Å². The van der Waals surface area contributed by atoms with Crippen LogP contribution in [0.4, 0.5) is 5.69 Å². The van der Waals surface area contributed by atoms with Gasteiger partial charge in [0.1, 0.15) is 17.5 Å². The molecule has 2 amide bonds. The van der Waals surface area contributed by atoms with Crippen molar-refractivity contribution in [2.45, 2.75) is 18.9 Å². The molecule has 1 aromatic carbocycles. The SMILES string of the molecule is C=C1CCC(N2C(=O)c3ncc(O)c4cccc2c34)C(=O)N1. The molecule has 0 aliphatic carbocycles. The number of nitrogens with one attached hydrogen (secondary N) is 1. The Labute approximate surface area is 126 Å². The molecular weight excluding hydrogens is 282 g/mol. The van der Waals surface area contributed by atoms with E-state index in [9.17, 15) is 14.7 Å². The minimum atomic E-state index is -0.583. The maximum Gasteiger partial charge on any atom is 0.278 e. The van der Waals surface area contributed by atoms with Gasteiger partial charge >= 0.3 is 0 Å². The number of hydrogen-bond donors (Lipinski definition) is 2. The summed E-state index contributed by atoms with van der Waals surface area (Å²) >= 11 is 0. The zero-order valence-corrected chi connectivity index (χ0v) is 11.7. The van der Waals surface area contributed by atoms with E-state index in [2.05, 4.69) is 16.9 Å². The number of anilines is 1. The van der Waals surface area contributed by atoms with Gasteiger partial charge in [-0.3, -0.25) is 14.5 Å². The third-order valence-electron chi connectivity index (χ3n) is 4.19. The zero-order valence-electron chi connectivity index (χ0n) is 11.7. The third-order valence-corrected chi connectivity index (χ3v) is 4.19. The summed E-state index contributed by atoms with van der Waals surface area (Å²) in [5.74, 6) is -0.519. The van der Waals surface area contributed by atoms with Crippen LogP contribution in [-0.4, -0.2) is 27.9 Å². The summed E-state index contributed by atoms with van der Waals surface area (Å²) in [5.41, 5.74) is 1.56. The van der Waals surface area contributed by atoms with Crippen LogP contribution in [-0.2, 0) is 4.79 Å². The fourth-order valence-corrected chi connectivity index (χ4v) is 3.17. The van der Waals surface area contributed by atoms with Gasteiger partial charge in [-0.2, -0.15) is 0 Å². The van der Waals surface area contributed by atoms with Gasteiger partial charge in [0, 0.05) is 16.5 Å². The highest BCUT2D eigenvalue weighted by Gasteiger charge is 2.40. The molecule has 0 bridgehead atoms. The van der Waals surface area contributed by atoms with E-state index in [-0.39, 0.29) is 23.3 Å². The van der Waals surface area contributed by atoms with Crippen LogP contribution in [0.15, 0.2) is 36.7 Å². The standard InChI is InChI=1S/C16H13N3O3/c1-8-5-6-11(15(21)18-8)19-10-4-2-3-9-12(20)7-17-14(13(9)10)16(19)22/h2-4,7,11,20H,1,5-6H2,(H,18,21). The molecule has 3 heterocycles. The number of carbonyl (C=O) groups is 2. The average Bonchev–Trinajstić information content (AvgIpc) is 2.77. The topological polar surface area (TPSA) is 82.5 Å². The molecule has 22 heavy (non-hydrogen) atoms. The van der Waals surface area contributed by atoms with Crippen molar-refractivity contribution in [2.75, 3.05) is 4.90 Å². The van der Waals surface area contributed by atoms with Crippen LogP contribution >= 0.6 is 0 Å². The number of aromatic hydroxyl groups is 1. The molecule has 6 heteroatoms. The summed E-state index contributed by atoms with van der Waals surface area (Å²) in [6, 6.07) is 4.68. The Hall–Kier alpha value is -2.89. The van der Waals surface area contributed by atoms with Crippen molar-refractivity contribution in [3.63, 3.8) is 0 Å². The molecule has 4 rings (SSSR count). The molecule has 1 atom stereocenters. The Kier molecular flexibility index (Phi) is 2.51. The molecule has 2 aliphatic rings. The molecule has 110 valence electrons. The Morgan fingerprint density at radius 2 is 2.18 bits per heavy atom. The molecule has 0 spiro atoms. The highest BCUT2D eigenvalue weighted by molar-refractivity contribution is 6.26. The van der Waals surface area contributed by atoms with Crippen molar-refractivity contribution in [1.82, 2.24) is 10.3 Å². The number of nitrogens with zero attached hydrogens (tertiary/aromatic N) is 2. The summed E-state index contributed by atoms with van der Waals surface area (Å²) in [7, 11) is 0. The molecule has 1 aromatic heterocycles. The van der Waals surface area contributed by atoms with Gasteiger partial charge in [0.15, 0.2) is 0 Å². The van der Waals surface area contributed by atoms with Gasteiger partial charge in [-0.05, 0) is 18.9 Å². The van der Waals surface area contributed by atoms with E-state index >= 15 is 0 Å². The lowest BCUT2D eigenvalue weighted by Crippen LogP contribution is -2.51. The normalized spacial score (nSPS) is 20.6. The first kappa shape index (κ1) is 12.8. The number of benzene rings is 1. The highest BCUT2D eigenvalue weighted by Crippen LogP contribution is 2.41. The van der Waals surface area contributed by atoms with Crippen molar-refractivity contribution in [3.8, 4) is 5.75 Å². The van der Waals surface area contributed by atoms with E-state index in [4.69, 9.17) is 0 Å². The smallest absolute Gasteiger partial charge is 0.278 e. The van der Waals surface area contributed by atoms with E-state index in [1.165, 1.54) is 11.1 Å². The van der Waals surface area contributed by atoms with Crippen LogP contribution in [0, 0.1) is 0 Å². The molecule has 2 N–H and O–H groups in total. The number of allylic oxidation sites excluding steroid dienone is 1. The fourth-order valence-electron chi connectivity index (χ4n) is 3.17. The number of rotatable bonds is 1. The van der Waals surface area contributed by atoms with Gasteiger partial charge in [-0.1, -0.05) is 18.7 Å². The van der Waals surface area contributed by atoms with Crippen molar-refractivity contribution in [1.29, 1.82) is 0 Å². The van der Waals surface area contributed by atoms with Gasteiger partial charge < -0.3 is 10.4 Å². The van der Waals surface area contributed by atoms with Crippen LogP contribution in [0.1, 0.15) is 23.3 Å². The molecule has 0 saturated carbocycles. The molecule has 1 unspecified atom stereocenters. The summed E-state index contributed by atoms with van der Waals surface area (Å²) in [4.78, 5) is 30.5. The molecule has 1 fully saturated rings. The molecule has 0 radical (unpaired) electrons. The number of carbonyl (C=O) groups excluding carboxylic acids is 2. The molecule has 1 saturated heterocycles. The molecular formula is C16H13N3O3. The predicted molar refractivity (Wildman–Crippen MR) is 80.5 cm³/mol. The van der Waals surface area contributed by atoms with E-state index in [0.717, 1.165) is 0 Å². The largest absolute Gasteiger partial charge is 0.506 e. The van der Waals surface area contributed by atoms with Crippen LogP contribution in [0.5, 0.6) is 5.75 Å². The van der Waals surface area contributed by atoms with E-state index < -0.39 is 6.04 Å². The minimum absolute atomic E-state index is 0.0247. The molecule has 2 aliphatic heterocycles. The summed E-state index contributed by atoms with van der Waals surface area (Å²) < 4.78 is 0. The Balaban J connectivity index is 1.89. The van der Waals surface area contributed by atoms with Gasteiger partial charge in [-0.25, -0.2) is 4.98 Å². The lowest BCUT2D eigenvalue weighted by molar-refractivity contribution is -0.122. The van der Waals surface area contributed by atoms with E-state index in [1.807, 2.05) is 0 Å². The second kappa shape index (κ2) is 4.30. The van der Waals surface area contributed by atoms with Gasteiger partial charge in [0.05, 0.1) is 11.9 Å². The summed E-state index contributed by atoms with van der Waals surface area (Å²) in [6.07, 6.45) is 2.42. The number of hydrogen-bond acceptors (Lipinski definition) is 4. The first-order valence-electron chi connectivity index (χ1n) is 7.01. The summed E-state index contributed by atoms with van der Waals surface area (Å²) in [6.45, 7) is 3.75. The molecule has 2 aromatic rings. The van der Waals surface area contributed by atoms with Crippen molar-refractivity contribution in [3.05, 3.63) is 42.4 Å². The lowest BCUT2D eigenvalue weighted by atomic mass is 10.0. The van der Waals surface area contributed by atoms with Crippen LogP contribution < -0.4 is 10.2 Å². The molecule has 6 nitrogen and oxygen atoms in total. The first-order chi connectivity index (χ1) is 10.6. The lowest BCUT2D eigenvalue weighted by Gasteiger charge is -2.31. The number of amides is 2. The second-order valence-electron chi connectivity index (χ2n) is 5.51. The van der Waals surface area contributed by atoms with Crippen molar-refractivity contribution in [2.24, 2.45) is 0 Å². The number of pyridine rings is 1.